The Bertz CT molecular complexity index is 588. The van der Waals surface area contributed by atoms with Gasteiger partial charge in [-0.3, -0.25) is 4.79 Å². The number of likely N-dealkylation sites (tertiary alicyclic amines) is 1. The number of aliphatic carboxylic acids is 1. The van der Waals surface area contributed by atoms with Gasteiger partial charge in [0.05, 0.1) is 19.1 Å². The lowest BCUT2D eigenvalue weighted by molar-refractivity contribution is -0.143. The highest BCUT2D eigenvalue weighted by atomic mass is 16.5. The quantitative estimate of drug-likeness (QED) is 0.891. The number of urea groups is 1. The number of carbonyl (C=O) groups is 2. The van der Waals surface area contributed by atoms with Crippen molar-refractivity contribution in [1.82, 2.24) is 10.2 Å². The van der Waals surface area contributed by atoms with Crippen LogP contribution in [0.1, 0.15) is 29.5 Å². The van der Waals surface area contributed by atoms with Gasteiger partial charge in [-0.15, -0.1) is 0 Å². The van der Waals surface area contributed by atoms with Crippen LogP contribution in [0.3, 0.4) is 0 Å². The molecule has 3 rings (SSSR count). The van der Waals surface area contributed by atoms with Gasteiger partial charge in [-0.05, 0) is 29.5 Å². The first kappa shape index (κ1) is 14.8. The van der Waals surface area contributed by atoms with Gasteiger partial charge >= 0.3 is 12.0 Å². The Kier molecular flexibility index (Phi) is 4.29. The summed E-state index contributed by atoms with van der Waals surface area (Å²) in [4.78, 5) is 24.8. The molecule has 2 N–H and O–H groups in total. The maximum absolute atomic E-state index is 12.2. The van der Waals surface area contributed by atoms with E-state index < -0.39 is 11.9 Å². The number of amides is 2. The normalized spacial score (nSPS) is 20.5. The second-order valence-electron chi connectivity index (χ2n) is 5.88. The third-order valence-corrected chi connectivity index (χ3v) is 4.29. The summed E-state index contributed by atoms with van der Waals surface area (Å²) in [6, 6.07) is 5.89. The largest absolute Gasteiger partial charge is 0.481 e. The molecule has 0 aliphatic carbocycles. The summed E-state index contributed by atoms with van der Waals surface area (Å²) in [5.74, 6) is -1.27. The molecule has 2 aliphatic rings. The number of carboxylic acids is 1. The van der Waals surface area contributed by atoms with Crippen molar-refractivity contribution >= 4 is 12.0 Å². The van der Waals surface area contributed by atoms with Crippen LogP contribution in [0.25, 0.3) is 0 Å². The van der Waals surface area contributed by atoms with Gasteiger partial charge < -0.3 is 20.1 Å². The lowest BCUT2D eigenvalue weighted by Crippen LogP contribution is -2.46. The molecule has 6 heteroatoms. The molecule has 1 aromatic rings. The first-order chi connectivity index (χ1) is 10.6. The summed E-state index contributed by atoms with van der Waals surface area (Å²) in [5.41, 5.74) is 3.41. The van der Waals surface area contributed by atoms with E-state index in [2.05, 4.69) is 11.4 Å². The number of rotatable bonds is 3. The second-order valence-corrected chi connectivity index (χ2v) is 5.88. The average Bonchev–Trinajstić information content (AvgIpc) is 3.00. The van der Waals surface area contributed by atoms with E-state index in [0.717, 1.165) is 12.0 Å². The molecule has 1 unspecified atom stereocenters. The first-order valence-electron chi connectivity index (χ1n) is 7.57. The van der Waals surface area contributed by atoms with Crippen LogP contribution in [0.5, 0.6) is 0 Å². The molecule has 6 nitrogen and oxygen atoms in total. The maximum Gasteiger partial charge on any atom is 0.317 e. The van der Waals surface area contributed by atoms with E-state index in [0.29, 0.717) is 39.3 Å². The van der Waals surface area contributed by atoms with Crippen LogP contribution in [0.2, 0.25) is 0 Å². The van der Waals surface area contributed by atoms with Gasteiger partial charge in [0.1, 0.15) is 0 Å². The first-order valence-corrected chi connectivity index (χ1v) is 7.57. The van der Waals surface area contributed by atoms with Gasteiger partial charge in [-0.2, -0.15) is 0 Å². The highest BCUT2D eigenvalue weighted by Gasteiger charge is 2.27. The molecular weight excluding hydrogens is 284 g/mol. The minimum absolute atomic E-state index is 0.192. The molecule has 0 bridgehead atoms. The number of carboxylic acid groups (broad SMARTS) is 1. The summed E-state index contributed by atoms with van der Waals surface area (Å²) in [7, 11) is 0. The van der Waals surface area contributed by atoms with Crippen molar-refractivity contribution < 1.29 is 19.4 Å². The Morgan fingerprint density at radius 1 is 1.32 bits per heavy atom. The molecule has 1 aromatic carbocycles. The van der Waals surface area contributed by atoms with Crippen LogP contribution in [0.4, 0.5) is 4.79 Å². The molecule has 1 atom stereocenters. The van der Waals surface area contributed by atoms with Crippen molar-refractivity contribution in [2.45, 2.75) is 32.6 Å². The number of fused-ring (bicyclic) bond motifs is 1. The van der Waals surface area contributed by atoms with Crippen LogP contribution in [-0.2, 0) is 29.3 Å². The predicted octanol–water partition coefficient (Wildman–Crippen LogP) is 1.72. The Morgan fingerprint density at radius 3 is 2.95 bits per heavy atom. The van der Waals surface area contributed by atoms with Gasteiger partial charge in [-0.1, -0.05) is 18.2 Å². The molecule has 0 radical (unpaired) electrons. The Hall–Kier alpha value is -2.08. The lowest BCUT2D eigenvalue weighted by atomic mass is 9.99. The van der Waals surface area contributed by atoms with Crippen LogP contribution < -0.4 is 5.32 Å². The molecule has 2 amide bonds. The standard InChI is InChI=1S/C16H20N2O4/c19-15(20)12-2-1-5-18(8-12)16(21)17-7-11-3-4-13-9-22-10-14(13)6-11/h3-4,6,12H,1-2,5,7-10H2,(H,17,21)(H,19,20). The van der Waals surface area contributed by atoms with E-state index in [4.69, 9.17) is 9.84 Å². The molecule has 0 spiro atoms. The zero-order chi connectivity index (χ0) is 15.5. The van der Waals surface area contributed by atoms with Crippen molar-refractivity contribution in [2.75, 3.05) is 13.1 Å². The molecular formula is C16H20N2O4. The average molecular weight is 304 g/mol. The fourth-order valence-corrected chi connectivity index (χ4v) is 2.99. The molecule has 1 saturated heterocycles. The monoisotopic (exact) mass is 304 g/mol. The molecule has 2 aliphatic heterocycles. The number of carbonyl (C=O) groups excluding carboxylic acids is 1. The fourth-order valence-electron chi connectivity index (χ4n) is 2.99. The number of nitrogens with zero attached hydrogens (tertiary/aromatic N) is 1. The third-order valence-electron chi connectivity index (χ3n) is 4.29. The Labute approximate surface area is 129 Å². The summed E-state index contributed by atoms with van der Waals surface area (Å²) in [5, 5.41) is 11.9. The second kappa shape index (κ2) is 6.36. The van der Waals surface area contributed by atoms with Crippen LogP contribution in [0, 0.1) is 5.92 Å². The zero-order valence-electron chi connectivity index (χ0n) is 12.4. The maximum atomic E-state index is 12.2. The minimum atomic E-state index is -0.823. The van der Waals surface area contributed by atoms with Crippen molar-refractivity contribution in [2.24, 2.45) is 5.92 Å². The van der Waals surface area contributed by atoms with E-state index in [9.17, 15) is 9.59 Å². The predicted molar refractivity (Wildman–Crippen MR) is 79.1 cm³/mol. The SMILES string of the molecule is O=C(O)C1CCCN(C(=O)NCc2ccc3c(c2)COC3)C1. The van der Waals surface area contributed by atoms with Gasteiger partial charge in [0.15, 0.2) is 0 Å². The minimum Gasteiger partial charge on any atom is -0.481 e. The fraction of sp³-hybridized carbons (Fsp3) is 0.500. The molecule has 0 aromatic heterocycles. The number of nitrogens with one attached hydrogen (secondary N) is 1. The number of benzene rings is 1. The summed E-state index contributed by atoms with van der Waals surface area (Å²) in [6.07, 6.45) is 1.38. The number of hydrogen-bond donors (Lipinski definition) is 2. The van der Waals surface area contributed by atoms with Crippen molar-refractivity contribution in [3.8, 4) is 0 Å². The van der Waals surface area contributed by atoms with Crippen molar-refractivity contribution in [3.63, 3.8) is 0 Å². The van der Waals surface area contributed by atoms with Gasteiger partial charge in [0, 0.05) is 19.6 Å². The van der Waals surface area contributed by atoms with Crippen molar-refractivity contribution in [3.05, 3.63) is 34.9 Å². The van der Waals surface area contributed by atoms with Crippen molar-refractivity contribution in [1.29, 1.82) is 0 Å². The highest BCUT2D eigenvalue weighted by Crippen LogP contribution is 2.21. The van der Waals surface area contributed by atoms with E-state index in [1.165, 1.54) is 11.1 Å². The topological polar surface area (TPSA) is 78.9 Å². The van der Waals surface area contributed by atoms with Crippen LogP contribution in [-0.4, -0.2) is 35.1 Å². The molecule has 1 fully saturated rings. The Balaban J connectivity index is 1.54. The molecule has 118 valence electrons. The molecule has 2 heterocycles. The smallest absolute Gasteiger partial charge is 0.317 e. The lowest BCUT2D eigenvalue weighted by Gasteiger charge is -2.30. The number of ether oxygens (including phenoxy) is 1. The Morgan fingerprint density at radius 2 is 2.14 bits per heavy atom. The van der Waals surface area contributed by atoms with Crippen LogP contribution in [0.15, 0.2) is 18.2 Å². The summed E-state index contributed by atoms with van der Waals surface area (Å²) in [6.45, 7) is 2.64. The highest BCUT2D eigenvalue weighted by molar-refractivity contribution is 5.76. The van der Waals surface area contributed by atoms with E-state index in [1.807, 2.05) is 12.1 Å². The van der Waals surface area contributed by atoms with E-state index in [-0.39, 0.29) is 6.03 Å². The number of hydrogen-bond acceptors (Lipinski definition) is 3. The number of piperidine rings is 1. The van der Waals surface area contributed by atoms with Crippen LogP contribution >= 0.6 is 0 Å². The van der Waals surface area contributed by atoms with Gasteiger partial charge in [-0.25, -0.2) is 4.79 Å². The summed E-state index contributed by atoms with van der Waals surface area (Å²) >= 11 is 0. The molecule has 0 saturated carbocycles. The zero-order valence-corrected chi connectivity index (χ0v) is 12.4. The summed E-state index contributed by atoms with van der Waals surface area (Å²) < 4.78 is 5.37. The van der Waals surface area contributed by atoms with E-state index in [1.54, 1.807) is 4.90 Å². The van der Waals surface area contributed by atoms with Gasteiger partial charge in [0.25, 0.3) is 0 Å². The van der Waals surface area contributed by atoms with E-state index >= 15 is 0 Å². The molecule has 22 heavy (non-hydrogen) atoms. The third kappa shape index (κ3) is 3.22. The van der Waals surface area contributed by atoms with Gasteiger partial charge in [0.2, 0.25) is 0 Å².